The Bertz CT molecular complexity index is 1670. The number of hydrogen-bond acceptors (Lipinski definition) is 8. The van der Waals surface area contributed by atoms with Gasteiger partial charge in [0.1, 0.15) is 29.2 Å². The highest BCUT2D eigenvalue weighted by Gasteiger charge is 2.48. The molecule has 11 heteroatoms. The molecule has 40 heavy (non-hydrogen) atoms. The first-order valence-electron chi connectivity index (χ1n) is 12.4. The molecule has 2 aliphatic rings. The molecule has 1 aromatic heterocycles. The summed E-state index contributed by atoms with van der Waals surface area (Å²) in [5.74, 6) is -1.97. The van der Waals surface area contributed by atoms with Crippen molar-refractivity contribution < 1.29 is 28.2 Å². The molecule has 2 unspecified atom stereocenters. The second-order valence-electron chi connectivity index (χ2n) is 9.41. The van der Waals surface area contributed by atoms with E-state index in [4.69, 9.17) is 4.74 Å². The number of hydrogen-bond donors (Lipinski definition) is 1. The lowest BCUT2D eigenvalue weighted by Crippen LogP contribution is -2.29. The van der Waals surface area contributed by atoms with Gasteiger partial charge in [0.2, 0.25) is 5.13 Å². The lowest BCUT2D eigenvalue weighted by atomic mass is 9.94. The van der Waals surface area contributed by atoms with Crippen LogP contribution in [-0.2, 0) is 21.8 Å². The largest absolute Gasteiger partial charge is 0.507 e. The number of carbonyl (C=O) groups is 2. The first kappa shape index (κ1) is 26.1. The smallest absolute Gasteiger partial charge is 0.301 e. The van der Waals surface area contributed by atoms with Crippen LogP contribution in [0.25, 0.3) is 5.76 Å². The number of aromatic nitrogens is 2. The number of fused-ring (bicyclic) bond motifs is 1. The maximum atomic E-state index is 14.1. The molecule has 1 saturated heterocycles. The van der Waals surface area contributed by atoms with Crippen molar-refractivity contribution in [2.45, 2.75) is 35.6 Å². The predicted molar refractivity (Wildman–Crippen MR) is 147 cm³/mol. The molecular weight excluding hydrogens is 556 g/mol. The summed E-state index contributed by atoms with van der Waals surface area (Å²) in [5.41, 5.74) is 2.00. The zero-order chi connectivity index (χ0) is 28.0. The lowest BCUT2D eigenvalue weighted by molar-refractivity contribution is -0.132. The number of halogens is 2. The van der Waals surface area contributed by atoms with Crippen LogP contribution in [0.5, 0.6) is 5.75 Å². The Labute approximate surface area is 236 Å². The number of anilines is 1. The van der Waals surface area contributed by atoms with E-state index in [0.717, 1.165) is 16.9 Å². The summed E-state index contributed by atoms with van der Waals surface area (Å²) in [4.78, 5) is 28.0. The first-order valence-corrected chi connectivity index (χ1v) is 14.2. The van der Waals surface area contributed by atoms with Gasteiger partial charge in [-0.05, 0) is 60.0 Å². The highest BCUT2D eigenvalue weighted by atomic mass is 32.2. The average Bonchev–Trinajstić information content (AvgIpc) is 3.63. The fourth-order valence-corrected chi connectivity index (χ4v) is 6.68. The SMILES string of the molecule is CC1Cc2cc(/C(O)=C3\C(=O)C(=O)N(c4nnc(SCc5ccccc5F)s4)C3c3ccc(F)cc3)ccc2O1. The number of ether oxygens (including phenoxy) is 1. The molecule has 0 radical (unpaired) electrons. The van der Waals surface area contributed by atoms with E-state index < -0.39 is 23.5 Å². The van der Waals surface area contributed by atoms with E-state index in [2.05, 4.69) is 10.2 Å². The number of carbonyl (C=O) groups excluding carboxylic acids is 2. The quantitative estimate of drug-likeness (QED) is 0.0980. The summed E-state index contributed by atoms with van der Waals surface area (Å²) >= 11 is 2.31. The maximum Gasteiger partial charge on any atom is 0.301 e. The highest BCUT2D eigenvalue weighted by molar-refractivity contribution is 8.00. The Morgan fingerprint density at radius 3 is 2.65 bits per heavy atom. The van der Waals surface area contributed by atoms with E-state index >= 15 is 0 Å². The fourth-order valence-electron chi connectivity index (χ4n) is 4.83. The van der Waals surface area contributed by atoms with Crippen LogP contribution in [0.3, 0.4) is 0 Å². The normalized spacial score (nSPS) is 19.6. The molecule has 0 bridgehead atoms. The Morgan fingerprint density at radius 1 is 1.10 bits per heavy atom. The van der Waals surface area contributed by atoms with Crippen molar-refractivity contribution in [3.8, 4) is 5.75 Å². The summed E-state index contributed by atoms with van der Waals surface area (Å²) < 4.78 is 34.1. The highest BCUT2D eigenvalue weighted by Crippen LogP contribution is 2.44. The van der Waals surface area contributed by atoms with E-state index in [1.807, 2.05) is 6.92 Å². The standard InChI is InChI=1S/C29H21F2N3O4S2/c1-15-12-19-13-17(8-11-22(19)38-15)25(35)23-24(16-6-9-20(30)10-7-16)34(27(37)26(23)36)28-32-33-29(40-28)39-14-18-4-2-3-5-21(18)31/h2-11,13,15,24,35H,12,14H2,1H3/b25-23+. The number of ketones is 1. The van der Waals surface area contributed by atoms with Crippen LogP contribution < -0.4 is 9.64 Å². The summed E-state index contributed by atoms with van der Waals surface area (Å²) in [6.45, 7) is 1.94. The molecule has 0 aliphatic carbocycles. The molecule has 7 nitrogen and oxygen atoms in total. The van der Waals surface area contributed by atoms with Crippen LogP contribution in [0.2, 0.25) is 0 Å². The van der Waals surface area contributed by atoms with Gasteiger partial charge < -0.3 is 9.84 Å². The zero-order valence-corrected chi connectivity index (χ0v) is 22.6. The molecule has 3 heterocycles. The minimum atomic E-state index is -1.07. The number of Topliss-reactive ketones (excluding diaryl/α,β-unsaturated/α-hetero) is 1. The topological polar surface area (TPSA) is 92.6 Å². The van der Waals surface area contributed by atoms with Gasteiger partial charge in [0.05, 0.1) is 11.6 Å². The minimum Gasteiger partial charge on any atom is -0.507 e. The third-order valence-corrected chi connectivity index (χ3v) is 8.82. The van der Waals surface area contributed by atoms with Gasteiger partial charge >= 0.3 is 5.91 Å². The molecular formula is C29H21F2N3O4S2. The molecule has 3 aromatic carbocycles. The van der Waals surface area contributed by atoms with Crippen molar-refractivity contribution in [3.05, 3.63) is 106 Å². The third kappa shape index (κ3) is 4.75. The molecule has 202 valence electrons. The number of benzene rings is 3. The number of aliphatic hydroxyl groups excluding tert-OH is 1. The molecule has 0 spiro atoms. The van der Waals surface area contributed by atoms with Gasteiger partial charge in [0.15, 0.2) is 4.34 Å². The van der Waals surface area contributed by atoms with Crippen molar-refractivity contribution in [1.82, 2.24) is 10.2 Å². The van der Waals surface area contributed by atoms with E-state index in [0.29, 0.717) is 39.0 Å². The molecule has 1 amide bonds. The van der Waals surface area contributed by atoms with E-state index in [1.54, 1.807) is 36.4 Å². The van der Waals surface area contributed by atoms with Gasteiger partial charge in [-0.1, -0.05) is 53.4 Å². The summed E-state index contributed by atoms with van der Waals surface area (Å²) in [6, 6.07) is 15.8. The summed E-state index contributed by atoms with van der Waals surface area (Å²) in [6.07, 6.45) is 0.629. The van der Waals surface area contributed by atoms with E-state index in [1.165, 1.54) is 47.0 Å². The van der Waals surface area contributed by atoms with Crippen molar-refractivity contribution in [2.75, 3.05) is 4.90 Å². The number of rotatable bonds is 6. The average molecular weight is 578 g/mol. The molecule has 4 aromatic rings. The Hall–Kier alpha value is -4.09. The Morgan fingerprint density at radius 2 is 1.88 bits per heavy atom. The van der Waals surface area contributed by atoms with E-state index in [9.17, 15) is 23.5 Å². The van der Waals surface area contributed by atoms with Crippen LogP contribution in [-0.4, -0.2) is 33.1 Å². The van der Waals surface area contributed by atoms with Gasteiger partial charge in [0.25, 0.3) is 5.78 Å². The second-order valence-corrected chi connectivity index (χ2v) is 11.6. The van der Waals surface area contributed by atoms with Crippen molar-refractivity contribution in [2.24, 2.45) is 0 Å². The fraction of sp³-hybridized carbons (Fsp3) is 0.172. The van der Waals surface area contributed by atoms with Crippen LogP contribution in [0.1, 0.15) is 35.2 Å². The van der Waals surface area contributed by atoms with Gasteiger partial charge in [0, 0.05) is 17.7 Å². The molecule has 0 saturated carbocycles. The second kappa shape index (κ2) is 10.5. The molecule has 6 rings (SSSR count). The van der Waals surface area contributed by atoms with Crippen LogP contribution >= 0.6 is 23.1 Å². The number of thioether (sulfide) groups is 1. The monoisotopic (exact) mass is 577 g/mol. The molecule has 1 fully saturated rings. The lowest BCUT2D eigenvalue weighted by Gasteiger charge is -2.22. The summed E-state index contributed by atoms with van der Waals surface area (Å²) in [5, 5.41) is 19.8. The third-order valence-electron chi connectivity index (χ3n) is 6.71. The van der Waals surface area contributed by atoms with Crippen LogP contribution in [0, 0.1) is 11.6 Å². The van der Waals surface area contributed by atoms with Gasteiger partial charge in [-0.25, -0.2) is 8.78 Å². The Balaban J connectivity index is 1.39. The number of nitrogens with zero attached hydrogens (tertiary/aromatic N) is 3. The zero-order valence-electron chi connectivity index (χ0n) is 21.0. The number of aliphatic hydroxyl groups is 1. The Kier molecular flexibility index (Phi) is 6.85. The van der Waals surface area contributed by atoms with Crippen molar-refractivity contribution in [1.29, 1.82) is 0 Å². The van der Waals surface area contributed by atoms with Crippen molar-refractivity contribution in [3.63, 3.8) is 0 Å². The summed E-state index contributed by atoms with van der Waals surface area (Å²) in [7, 11) is 0. The van der Waals surface area contributed by atoms with Gasteiger partial charge in [-0.15, -0.1) is 10.2 Å². The predicted octanol–water partition coefficient (Wildman–Crippen LogP) is 6.06. The van der Waals surface area contributed by atoms with Gasteiger partial charge in [-0.3, -0.25) is 14.5 Å². The molecule has 2 atom stereocenters. The first-order chi connectivity index (χ1) is 19.3. The van der Waals surface area contributed by atoms with E-state index in [-0.39, 0.29) is 28.4 Å². The maximum absolute atomic E-state index is 14.1. The van der Waals surface area contributed by atoms with Gasteiger partial charge in [-0.2, -0.15) is 0 Å². The molecule has 1 N–H and O–H groups in total. The minimum absolute atomic E-state index is 0.0138. The number of amides is 1. The van der Waals surface area contributed by atoms with Crippen molar-refractivity contribution >= 4 is 45.7 Å². The van der Waals surface area contributed by atoms with Crippen LogP contribution in [0.15, 0.2) is 76.6 Å². The van der Waals surface area contributed by atoms with Crippen LogP contribution in [0.4, 0.5) is 13.9 Å². The molecule has 2 aliphatic heterocycles.